The lowest BCUT2D eigenvalue weighted by atomic mass is 10.1. The van der Waals surface area contributed by atoms with Gasteiger partial charge in [0.2, 0.25) is 0 Å². The number of ether oxygens (including phenoxy) is 9. The van der Waals surface area contributed by atoms with Crippen LogP contribution in [0.5, 0.6) is 0 Å². The van der Waals surface area contributed by atoms with E-state index in [-0.39, 0.29) is 12.4 Å². The Labute approximate surface area is 250 Å². The molecule has 0 atom stereocenters. The molecule has 0 rings (SSSR count). The zero-order valence-electron chi connectivity index (χ0n) is 26.4. The highest BCUT2D eigenvalue weighted by Crippen LogP contribution is 2.10. The fourth-order valence-corrected chi connectivity index (χ4v) is 3.72. The van der Waals surface area contributed by atoms with Crippen LogP contribution in [0.25, 0.3) is 0 Å². The van der Waals surface area contributed by atoms with Gasteiger partial charge < -0.3 is 42.6 Å². The van der Waals surface area contributed by atoms with Crippen LogP contribution in [0.1, 0.15) is 84.5 Å². The molecule has 0 aliphatic rings. The molecule has 246 valence electrons. The van der Waals surface area contributed by atoms with Crippen LogP contribution in [0.2, 0.25) is 0 Å². The molecule has 0 aliphatic heterocycles. The molecule has 0 amide bonds. The van der Waals surface area contributed by atoms with Crippen molar-refractivity contribution in [3.05, 3.63) is 0 Å². The Hall–Kier alpha value is -0.850. The van der Waals surface area contributed by atoms with E-state index < -0.39 is 0 Å². The Kier molecular flexibility index (Phi) is 36.4. The predicted octanol–water partition coefficient (Wildman–Crippen LogP) is 4.99. The first-order valence-corrected chi connectivity index (χ1v) is 16.1. The van der Waals surface area contributed by atoms with Crippen molar-refractivity contribution in [1.29, 1.82) is 0 Å². The van der Waals surface area contributed by atoms with E-state index >= 15 is 0 Å². The molecule has 0 aliphatic carbocycles. The summed E-state index contributed by atoms with van der Waals surface area (Å²) < 4.78 is 48.6. The average molecular weight is 595 g/mol. The molecule has 41 heavy (non-hydrogen) atoms. The van der Waals surface area contributed by atoms with E-state index in [0.717, 1.165) is 13.0 Å². The summed E-state index contributed by atoms with van der Waals surface area (Å²) in [6.45, 7) is 13.0. The molecule has 0 fully saturated rings. The molecule has 0 saturated heterocycles. The minimum atomic E-state index is -0.243. The van der Waals surface area contributed by atoms with Crippen molar-refractivity contribution in [2.24, 2.45) is 0 Å². The molecular formula is C31H62O10. The van der Waals surface area contributed by atoms with E-state index in [4.69, 9.17) is 42.6 Å². The monoisotopic (exact) mass is 594 g/mol. The van der Waals surface area contributed by atoms with Gasteiger partial charge in [0.1, 0.15) is 0 Å². The molecule has 0 unspecified atom stereocenters. The van der Waals surface area contributed by atoms with Gasteiger partial charge in [0.25, 0.3) is 0 Å². The van der Waals surface area contributed by atoms with Gasteiger partial charge in [0, 0.05) is 6.61 Å². The summed E-state index contributed by atoms with van der Waals surface area (Å²) in [6, 6.07) is 0. The molecule has 0 aromatic rings. The number of carbonyl (C=O) groups is 1. The van der Waals surface area contributed by atoms with E-state index in [2.05, 4.69) is 6.92 Å². The van der Waals surface area contributed by atoms with Gasteiger partial charge in [0.05, 0.1) is 112 Å². The van der Waals surface area contributed by atoms with Gasteiger partial charge in [-0.3, -0.25) is 4.79 Å². The Morgan fingerprint density at radius 1 is 0.366 bits per heavy atom. The van der Waals surface area contributed by atoms with E-state index in [1.54, 1.807) is 6.92 Å². The van der Waals surface area contributed by atoms with Crippen LogP contribution >= 0.6 is 0 Å². The first-order chi connectivity index (χ1) is 20.3. The largest absolute Gasteiger partial charge is 0.466 e. The standard InChI is InChI=1S/C31H62O10/c1-3-5-6-7-8-9-10-11-12-13-15-33-17-19-35-21-23-37-25-27-39-29-30-40-28-26-38-24-22-36-20-18-34-16-14-31(32)41-4-2/h3-30H2,1-2H3. The van der Waals surface area contributed by atoms with E-state index in [0.29, 0.717) is 106 Å². The SMILES string of the molecule is CCCCCCCCCCCCOCCOCCOCCOCCOCCOCCOCCOCCC(=O)OCC. The van der Waals surface area contributed by atoms with Crippen LogP contribution < -0.4 is 0 Å². The van der Waals surface area contributed by atoms with Crippen molar-refractivity contribution in [2.75, 3.05) is 112 Å². The second-order valence-electron chi connectivity index (χ2n) is 9.64. The fourth-order valence-electron chi connectivity index (χ4n) is 3.72. The lowest BCUT2D eigenvalue weighted by molar-refractivity contribution is -0.144. The summed E-state index contributed by atoms with van der Waals surface area (Å²) in [5.74, 6) is -0.243. The topological polar surface area (TPSA) is 100 Å². The van der Waals surface area contributed by atoms with E-state index in [1.165, 1.54) is 57.8 Å². The van der Waals surface area contributed by atoms with Crippen molar-refractivity contribution >= 4 is 5.97 Å². The zero-order valence-corrected chi connectivity index (χ0v) is 26.4. The van der Waals surface area contributed by atoms with Gasteiger partial charge in [0.15, 0.2) is 0 Å². The minimum Gasteiger partial charge on any atom is -0.466 e. The second kappa shape index (κ2) is 37.2. The first kappa shape index (κ1) is 40.1. The molecule has 0 aromatic heterocycles. The number of hydrogen-bond donors (Lipinski definition) is 0. The molecule has 0 radical (unpaired) electrons. The van der Waals surface area contributed by atoms with Crippen LogP contribution in [0.4, 0.5) is 0 Å². The molecular weight excluding hydrogens is 532 g/mol. The zero-order chi connectivity index (χ0) is 29.7. The lowest BCUT2D eigenvalue weighted by Gasteiger charge is -2.09. The molecule has 0 N–H and O–H groups in total. The quantitative estimate of drug-likeness (QED) is 0.0728. The van der Waals surface area contributed by atoms with Gasteiger partial charge >= 0.3 is 5.97 Å². The third kappa shape index (κ3) is 37.1. The van der Waals surface area contributed by atoms with Crippen LogP contribution in [-0.2, 0) is 47.4 Å². The fraction of sp³-hybridized carbons (Fsp3) is 0.968. The number of hydrogen-bond acceptors (Lipinski definition) is 10. The summed E-state index contributed by atoms with van der Waals surface area (Å²) in [7, 11) is 0. The summed E-state index contributed by atoms with van der Waals surface area (Å²) in [6.07, 6.45) is 13.7. The van der Waals surface area contributed by atoms with Crippen LogP contribution in [0.3, 0.4) is 0 Å². The van der Waals surface area contributed by atoms with Crippen molar-refractivity contribution in [3.8, 4) is 0 Å². The Morgan fingerprint density at radius 2 is 0.659 bits per heavy atom. The van der Waals surface area contributed by atoms with Gasteiger partial charge in [-0.05, 0) is 13.3 Å². The Balaban J connectivity index is 3.05. The first-order valence-electron chi connectivity index (χ1n) is 16.1. The average Bonchev–Trinajstić information content (AvgIpc) is 2.97. The molecule has 0 heterocycles. The summed E-state index contributed by atoms with van der Waals surface area (Å²) >= 11 is 0. The van der Waals surface area contributed by atoms with Crippen molar-refractivity contribution in [2.45, 2.75) is 84.5 Å². The summed E-state index contributed by atoms with van der Waals surface area (Å²) in [5, 5.41) is 0. The molecule has 0 bridgehead atoms. The number of esters is 1. The lowest BCUT2D eigenvalue weighted by Crippen LogP contribution is -2.15. The second-order valence-corrected chi connectivity index (χ2v) is 9.64. The summed E-state index contributed by atoms with van der Waals surface area (Å²) in [5.41, 5.74) is 0. The maximum Gasteiger partial charge on any atom is 0.308 e. The highest BCUT2D eigenvalue weighted by atomic mass is 16.6. The molecule has 10 nitrogen and oxygen atoms in total. The molecule has 0 saturated carbocycles. The van der Waals surface area contributed by atoms with Crippen molar-refractivity contribution in [1.82, 2.24) is 0 Å². The number of carbonyl (C=O) groups excluding carboxylic acids is 1. The normalized spacial score (nSPS) is 11.4. The van der Waals surface area contributed by atoms with E-state index in [1.807, 2.05) is 0 Å². The van der Waals surface area contributed by atoms with E-state index in [9.17, 15) is 4.79 Å². The molecule has 0 spiro atoms. The smallest absolute Gasteiger partial charge is 0.308 e. The van der Waals surface area contributed by atoms with Crippen LogP contribution in [-0.4, -0.2) is 118 Å². The van der Waals surface area contributed by atoms with Gasteiger partial charge in [-0.2, -0.15) is 0 Å². The predicted molar refractivity (Wildman–Crippen MR) is 160 cm³/mol. The van der Waals surface area contributed by atoms with Crippen LogP contribution in [0, 0.1) is 0 Å². The highest BCUT2D eigenvalue weighted by molar-refractivity contribution is 5.69. The van der Waals surface area contributed by atoms with Crippen LogP contribution in [0.15, 0.2) is 0 Å². The van der Waals surface area contributed by atoms with Gasteiger partial charge in [-0.25, -0.2) is 0 Å². The third-order valence-electron chi connectivity index (χ3n) is 6.00. The van der Waals surface area contributed by atoms with Crippen molar-refractivity contribution < 1.29 is 47.4 Å². The summed E-state index contributed by atoms with van der Waals surface area (Å²) in [4.78, 5) is 11.1. The molecule has 0 aromatic carbocycles. The highest BCUT2D eigenvalue weighted by Gasteiger charge is 2.01. The Morgan fingerprint density at radius 3 is 1.00 bits per heavy atom. The molecule has 10 heteroatoms. The third-order valence-corrected chi connectivity index (χ3v) is 6.00. The Bertz CT molecular complexity index is 496. The van der Waals surface area contributed by atoms with Crippen molar-refractivity contribution in [3.63, 3.8) is 0 Å². The minimum absolute atomic E-state index is 0.243. The number of unbranched alkanes of at least 4 members (excludes halogenated alkanes) is 9. The maximum absolute atomic E-state index is 11.1. The number of rotatable bonds is 36. The van der Waals surface area contributed by atoms with Gasteiger partial charge in [-0.15, -0.1) is 0 Å². The van der Waals surface area contributed by atoms with Gasteiger partial charge in [-0.1, -0.05) is 64.7 Å². The maximum atomic E-state index is 11.1.